The van der Waals surface area contributed by atoms with Crippen LogP contribution in [-0.4, -0.2) is 29.7 Å². The van der Waals surface area contributed by atoms with Crippen LogP contribution in [0.4, 0.5) is 0 Å². The molecule has 1 amide bonds. The lowest BCUT2D eigenvalue weighted by Crippen LogP contribution is -2.32. The minimum atomic E-state index is 0.0423. The molecule has 1 fully saturated rings. The molecule has 1 aromatic carbocycles. The van der Waals surface area contributed by atoms with Crippen LogP contribution in [0.5, 0.6) is 0 Å². The van der Waals surface area contributed by atoms with Gasteiger partial charge in [0.2, 0.25) is 5.91 Å². The number of carbonyl (C=O) groups is 2. The lowest BCUT2D eigenvalue weighted by molar-refractivity contribution is -0.131. The van der Waals surface area contributed by atoms with Crippen molar-refractivity contribution < 1.29 is 9.59 Å². The van der Waals surface area contributed by atoms with Crippen molar-refractivity contribution in [3.8, 4) is 0 Å². The van der Waals surface area contributed by atoms with E-state index in [9.17, 15) is 9.59 Å². The molecule has 0 radical (unpaired) electrons. The number of hydrogen-bond acceptors (Lipinski definition) is 2. The Morgan fingerprint density at radius 2 is 1.55 bits per heavy atom. The van der Waals surface area contributed by atoms with Crippen LogP contribution in [0.1, 0.15) is 48.9 Å². The summed E-state index contributed by atoms with van der Waals surface area (Å²) in [6, 6.07) is 7.29. The average molecular weight is 338 g/mol. The Bertz CT molecular complexity index is 462. The third-order valence-electron chi connectivity index (χ3n) is 3.69. The third kappa shape index (κ3) is 4.44. The van der Waals surface area contributed by atoms with Crippen molar-refractivity contribution in [3.63, 3.8) is 0 Å². The van der Waals surface area contributed by atoms with Crippen molar-refractivity contribution in [2.24, 2.45) is 0 Å². The zero-order chi connectivity index (χ0) is 14.4. The summed E-state index contributed by atoms with van der Waals surface area (Å²) in [4.78, 5) is 26.1. The van der Waals surface area contributed by atoms with E-state index in [1.165, 1.54) is 12.8 Å². The summed E-state index contributed by atoms with van der Waals surface area (Å²) in [6.07, 6.45) is 5.23. The molecular formula is C16H20BrNO2. The maximum atomic E-state index is 12.1. The summed E-state index contributed by atoms with van der Waals surface area (Å²) in [7, 11) is 0. The van der Waals surface area contributed by atoms with Crippen LogP contribution in [0.3, 0.4) is 0 Å². The monoisotopic (exact) mass is 337 g/mol. The zero-order valence-corrected chi connectivity index (χ0v) is 13.2. The number of rotatable bonds is 4. The van der Waals surface area contributed by atoms with E-state index in [-0.39, 0.29) is 11.7 Å². The van der Waals surface area contributed by atoms with Crippen molar-refractivity contribution in [3.05, 3.63) is 34.3 Å². The van der Waals surface area contributed by atoms with Crippen LogP contribution < -0.4 is 0 Å². The number of Topliss-reactive ketones (excluding diaryl/α,β-unsaturated/α-hetero) is 1. The molecule has 1 aliphatic heterocycles. The van der Waals surface area contributed by atoms with Crippen molar-refractivity contribution in [2.75, 3.05) is 13.1 Å². The Balaban J connectivity index is 1.83. The molecule has 0 bridgehead atoms. The maximum absolute atomic E-state index is 12.1. The molecule has 1 aliphatic rings. The van der Waals surface area contributed by atoms with Crippen molar-refractivity contribution in [1.82, 2.24) is 4.90 Å². The van der Waals surface area contributed by atoms with Gasteiger partial charge in [-0.15, -0.1) is 0 Å². The minimum absolute atomic E-state index is 0.0423. The Hall–Kier alpha value is -1.16. The SMILES string of the molecule is O=C(CCC(=O)N1CCCCCC1)c1ccc(Br)cc1. The zero-order valence-electron chi connectivity index (χ0n) is 11.6. The summed E-state index contributed by atoms with van der Waals surface area (Å²) in [5, 5.41) is 0. The van der Waals surface area contributed by atoms with E-state index in [4.69, 9.17) is 0 Å². The molecule has 3 nitrogen and oxygen atoms in total. The van der Waals surface area contributed by atoms with Gasteiger partial charge in [-0.2, -0.15) is 0 Å². The number of carbonyl (C=O) groups excluding carboxylic acids is 2. The summed E-state index contributed by atoms with van der Waals surface area (Å²) in [6.45, 7) is 1.70. The van der Waals surface area contributed by atoms with Gasteiger partial charge in [-0.1, -0.05) is 40.9 Å². The molecule has 4 heteroatoms. The van der Waals surface area contributed by atoms with Gasteiger partial charge < -0.3 is 4.90 Å². The summed E-state index contributed by atoms with van der Waals surface area (Å²) in [5.41, 5.74) is 0.678. The summed E-state index contributed by atoms with van der Waals surface area (Å²) < 4.78 is 0.953. The number of hydrogen-bond donors (Lipinski definition) is 0. The predicted molar refractivity (Wildman–Crippen MR) is 82.8 cm³/mol. The maximum Gasteiger partial charge on any atom is 0.223 e. The number of likely N-dealkylation sites (tertiary alicyclic amines) is 1. The van der Waals surface area contributed by atoms with E-state index >= 15 is 0 Å². The molecule has 1 saturated heterocycles. The number of amides is 1. The van der Waals surface area contributed by atoms with Crippen LogP contribution in [0.25, 0.3) is 0 Å². The van der Waals surface area contributed by atoms with Crippen molar-refractivity contribution >= 4 is 27.6 Å². The molecule has 0 aromatic heterocycles. The molecule has 0 saturated carbocycles. The van der Waals surface area contributed by atoms with E-state index in [1.54, 1.807) is 12.1 Å². The highest BCUT2D eigenvalue weighted by atomic mass is 79.9. The molecule has 1 heterocycles. The van der Waals surface area contributed by atoms with Crippen molar-refractivity contribution in [2.45, 2.75) is 38.5 Å². The second-order valence-electron chi connectivity index (χ2n) is 5.23. The highest BCUT2D eigenvalue weighted by molar-refractivity contribution is 9.10. The Labute approximate surface area is 128 Å². The van der Waals surface area contributed by atoms with E-state index < -0.39 is 0 Å². The first kappa shape index (κ1) is 15.2. The molecule has 0 N–H and O–H groups in total. The predicted octanol–water partition coefficient (Wildman–Crippen LogP) is 3.81. The summed E-state index contributed by atoms with van der Waals surface area (Å²) >= 11 is 3.34. The first-order valence-electron chi connectivity index (χ1n) is 7.23. The molecule has 0 unspecified atom stereocenters. The topological polar surface area (TPSA) is 37.4 Å². The third-order valence-corrected chi connectivity index (χ3v) is 4.22. The first-order valence-corrected chi connectivity index (χ1v) is 8.02. The normalized spacial score (nSPS) is 15.8. The first-order chi connectivity index (χ1) is 9.66. The Morgan fingerprint density at radius 1 is 0.950 bits per heavy atom. The van der Waals surface area contributed by atoms with E-state index in [0.29, 0.717) is 18.4 Å². The van der Waals surface area contributed by atoms with Gasteiger partial charge in [0.05, 0.1) is 0 Å². The molecule has 0 spiro atoms. The van der Waals surface area contributed by atoms with Gasteiger partial charge >= 0.3 is 0 Å². The second-order valence-corrected chi connectivity index (χ2v) is 6.14. The number of benzene rings is 1. The minimum Gasteiger partial charge on any atom is -0.343 e. The molecule has 0 aliphatic carbocycles. The molecular weight excluding hydrogens is 318 g/mol. The lowest BCUT2D eigenvalue weighted by atomic mass is 10.1. The molecule has 2 rings (SSSR count). The number of halogens is 1. The Morgan fingerprint density at radius 3 is 2.15 bits per heavy atom. The van der Waals surface area contributed by atoms with Gasteiger partial charge in [0, 0.05) is 36.0 Å². The molecule has 1 aromatic rings. The summed E-state index contributed by atoms with van der Waals surface area (Å²) in [5.74, 6) is 0.165. The quantitative estimate of drug-likeness (QED) is 0.783. The fourth-order valence-electron chi connectivity index (χ4n) is 2.48. The molecule has 0 atom stereocenters. The second kappa shape index (κ2) is 7.58. The van der Waals surface area contributed by atoms with Gasteiger partial charge in [0.1, 0.15) is 0 Å². The Kier molecular flexibility index (Phi) is 5.77. The fourth-order valence-corrected chi connectivity index (χ4v) is 2.74. The van der Waals surface area contributed by atoms with Crippen LogP contribution in [0, 0.1) is 0 Å². The smallest absolute Gasteiger partial charge is 0.223 e. The molecule has 20 heavy (non-hydrogen) atoms. The number of nitrogens with zero attached hydrogens (tertiary/aromatic N) is 1. The van der Waals surface area contributed by atoms with Gasteiger partial charge in [-0.05, 0) is 25.0 Å². The highest BCUT2D eigenvalue weighted by Gasteiger charge is 2.16. The van der Waals surface area contributed by atoms with Crippen molar-refractivity contribution in [1.29, 1.82) is 0 Å². The van der Waals surface area contributed by atoms with E-state index in [0.717, 1.165) is 30.4 Å². The fraction of sp³-hybridized carbons (Fsp3) is 0.500. The van der Waals surface area contributed by atoms with Crippen LogP contribution >= 0.6 is 15.9 Å². The van der Waals surface area contributed by atoms with Gasteiger partial charge in [-0.25, -0.2) is 0 Å². The number of ketones is 1. The van der Waals surface area contributed by atoms with Gasteiger partial charge in [0.25, 0.3) is 0 Å². The lowest BCUT2D eigenvalue weighted by Gasteiger charge is -2.20. The average Bonchev–Trinajstić information content (AvgIpc) is 2.74. The van der Waals surface area contributed by atoms with Crippen LogP contribution in [0.15, 0.2) is 28.7 Å². The van der Waals surface area contributed by atoms with E-state index in [2.05, 4.69) is 15.9 Å². The van der Waals surface area contributed by atoms with E-state index in [1.807, 2.05) is 17.0 Å². The largest absolute Gasteiger partial charge is 0.343 e. The standard InChI is InChI=1S/C16H20BrNO2/c17-14-7-5-13(6-8-14)15(19)9-10-16(20)18-11-3-1-2-4-12-18/h5-8H,1-4,9-12H2. The van der Waals surface area contributed by atoms with Crippen LogP contribution in [-0.2, 0) is 4.79 Å². The highest BCUT2D eigenvalue weighted by Crippen LogP contribution is 2.14. The van der Waals surface area contributed by atoms with Gasteiger partial charge in [-0.3, -0.25) is 9.59 Å². The van der Waals surface area contributed by atoms with Gasteiger partial charge in [0.15, 0.2) is 5.78 Å². The van der Waals surface area contributed by atoms with Crippen LogP contribution in [0.2, 0.25) is 0 Å². The molecule has 108 valence electrons.